The minimum absolute atomic E-state index is 0.120. The highest BCUT2D eigenvalue weighted by molar-refractivity contribution is 6.31. The van der Waals surface area contributed by atoms with Crippen LogP contribution in [0.15, 0.2) is 24.3 Å². The van der Waals surface area contributed by atoms with Gasteiger partial charge in [0, 0.05) is 31.1 Å². The van der Waals surface area contributed by atoms with Crippen LogP contribution in [0.5, 0.6) is 0 Å². The zero-order valence-electron chi connectivity index (χ0n) is 14.2. The summed E-state index contributed by atoms with van der Waals surface area (Å²) in [6, 6.07) is 7.62. The molecule has 2 heterocycles. The van der Waals surface area contributed by atoms with Gasteiger partial charge in [0.05, 0.1) is 0 Å². The van der Waals surface area contributed by atoms with Crippen molar-refractivity contribution >= 4 is 23.5 Å². The zero-order valence-corrected chi connectivity index (χ0v) is 15.0. The lowest BCUT2D eigenvalue weighted by Crippen LogP contribution is -2.55. The van der Waals surface area contributed by atoms with Crippen molar-refractivity contribution in [1.82, 2.24) is 15.1 Å². The second kappa shape index (κ2) is 6.73. The van der Waals surface area contributed by atoms with Gasteiger partial charge in [0.15, 0.2) is 0 Å². The topological polar surface area (TPSA) is 52.7 Å². The number of piperidine rings is 1. The van der Waals surface area contributed by atoms with Crippen LogP contribution in [0.4, 0.5) is 4.79 Å². The number of halogens is 1. The number of amides is 3. The molecule has 0 saturated carbocycles. The van der Waals surface area contributed by atoms with E-state index in [9.17, 15) is 9.59 Å². The number of urea groups is 1. The first kappa shape index (κ1) is 17.2. The Hall–Kier alpha value is -1.59. The second-order valence-electron chi connectivity index (χ2n) is 6.98. The highest BCUT2D eigenvalue weighted by Gasteiger charge is 2.51. The third-order valence-electron chi connectivity index (χ3n) is 5.40. The van der Waals surface area contributed by atoms with Crippen LogP contribution in [0.2, 0.25) is 5.02 Å². The molecule has 0 bridgehead atoms. The van der Waals surface area contributed by atoms with Crippen molar-refractivity contribution in [3.05, 3.63) is 34.9 Å². The summed E-state index contributed by atoms with van der Waals surface area (Å²) in [5, 5.41) is 3.70. The summed E-state index contributed by atoms with van der Waals surface area (Å²) in [6.07, 6.45) is 2.89. The number of nitrogens with one attached hydrogen (secondary N) is 1. The monoisotopic (exact) mass is 349 g/mol. The maximum Gasteiger partial charge on any atom is 0.324 e. The molecule has 2 saturated heterocycles. The van der Waals surface area contributed by atoms with E-state index in [1.807, 2.05) is 25.1 Å². The van der Waals surface area contributed by atoms with Gasteiger partial charge in [-0.05, 0) is 44.4 Å². The van der Waals surface area contributed by atoms with E-state index in [1.54, 1.807) is 7.05 Å². The lowest BCUT2D eigenvalue weighted by atomic mass is 9.80. The maximum atomic E-state index is 12.5. The third-order valence-corrected chi connectivity index (χ3v) is 5.77. The van der Waals surface area contributed by atoms with Crippen LogP contribution < -0.4 is 5.32 Å². The largest absolute Gasteiger partial charge is 0.324 e. The molecule has 0 radical (unpaired) electrons. The van der Waals surface area contributed by atoms with Gasteiger partial charge >= 0.3 is 6.03 Å². The number of likely N-dealkylation sites (tertiary alicyclic amines) is 1. The maximum absolute atomic E-state index is 12.5. The normalized spacial score (nSPS) is 28.3. The minimum atomic E-state index is -0.783. The highest BCUT2D eigenvalue weighted by atomic mass is 35.5. The van der Waals surface area contributed by atoms with E-state index in [-0.39, 0.29) is 17.9 Å². The van der Waals surface area contributed by atoms with Crippen LogP contribution in [0.1, 0.15) is 25.3 Å². The standard InChI is InChI=1S/C18H24ClN3O2/c1-18(16(23)21(2)17(24)20-18)14-7-5-10-22(12-14)11-9-13-6-3-4-8-15(13)19/h3-4,6,8,14H,5,7,9-12H2,1-2H3,(H,20,24)/t14-,18+/m0/s1. The molecule has 0 unspecified atom stereocenters. The van der Waals surface area contributed by atoms with E-state index >= 15 is 0 Å². The van der Waals surface area contributed by atoms with Crippen molar-refractivity contribution in [2.24, 2.45) is 5.92 Å². The van der Waals surface area contributed by atoms with Gasteiger partial charge in [-0.1, -0.05) is 29.8 Å². The van der Waals surface area contributed by atoms with E-state index in [4.69, 9.17) is 11.6 Å². The highest BCUT2D eigenvalue weighted by Crippen LogP contribution is 2.32. The van der Waals surface area contributed by atoms with Crippen LogP contribution in [0.25, 0.3) is 0 Å². The summed E-state index contributed by atoms with van der Waals surface area (Å²) < 4.78 is 0. The Balaban J connectivity index is 1.64. The van der Waals surface area contributed by atoms with Crippen LogP contribution in [0.3, 0.4) is 0 Å². The summed E-state index contributed by atoms with van der Waals surface area (Å²) in [7, 11) is 1.54. The first-order valence-corrected chi connectivity index (χ1v) is 8.85. The summed E-state index contributed by atoms with van der Waals surface area (Å²) in [5.41, 5.74) is 0.368. The minimum Gasteiger partial charge on any atom is -0.323 e. The van der Waals surface area contributed by atoms with Crippen LogP contribution in [0, 0.1) is 5.92 Å². The van der Waals surface area contributed by atoms with Crippen LogP contribution >= 0.6 is 11.6 Å². The smallest absolute Gasteiger partial charge is 0.323 e. The first-order chi connectivity index (χ1) is 11.4. The van der Waals surface area contributed by atoms with Gasteiger partial charge in [0.1, 0.15) is 5.54 Å². The molecule has 3 amide bonds. The lowest BCUT2D eigenvalue weighted by Gasteiger charge is -2.39. The number of imide groups is 1. The molecule has 2 aliphatic heterocycles. The summed E-state index contributed by atoms with van der Waals surface area (Å²) >= 11 is 6.23. The van der Waals surface area contributed by atoms with Crippen molar-refractivity contribution in [3.63, 3.8) is 0 Å². The second-order valence-corrected chi connectivity index (χ2v) is 7.39. The molecule has 2 atom stereocenters. The Labute approximate surface area is 147 Å². The SMILES string of the molecule is CN1C(=O)N[C@](C)([C@H]2CCCN(CCc3ccccc3Cl)C2)C1=O. The fourth-order valence-corrected chi connectivity index (χ4v) is 4.02. The average molecular weight is 350 g/mol. The van der Waals surface area contributed by atoms with E-state index in [1.165, 1.54) is 4.90 Å². The number of carbonyl (C=O) groups excluding carboxylic acids is 2. The molecule has 0 aromatic heterocycles. The zero-order chi connectivity index (χ0) is 17.3. The van der Waals surface area contributed by atoms with E-state index in [2.05, 4.69) is 16.3 Å². The van der Waals surface area contributed by atoms with Crippen molar-refractivity contribution in [2.45, 2.75) is 31.7 Å². The van der Waals surface area contributed by atoms with Crippen LogP contribution in [-0.4, -0.2) is 54.0 Å². The van der Waals surface area contributed by atoms with E-state index < -0.39 is 5.54 Å². The third kappa shape index (κ3) is 3.15. The van der Waals surface area contributed by atoms with Gasteiger partial charge in [-0.25, -0.2) is 4.79 Å². The Morgan fingerprint density at radius 3 is 2.75 bits per heavy atom. The quantitative estimate of drug-likeness (QED) is 0.850. The van der Waals surface area contributed by atoms with Gasteiger partial charge < -0.3 is 10.2 Å². The van der Waals surface area contributed by atoms with E-state index in [0.717, 1.165) is 49.5 Å². The molecule has 0 spiro atoms. The van der Waals surface area contributed by atoms with Crippen molar-refractivity contribution in [3.8, 4) is 0 Å². The van der Waals surface area contributed by atoms with Gasteiger partial charge in [0.2, 0.25) is 0 Å². The predicted molar refractivity (Wildman–Crippen MR) is 94.0 cm³/mol. The molecule has 2 fully saturated rings. The number of rotatable bonds is 4. The number of nitrogens with zero attached hydrogens (tertiary/aromatic N) is 2. The van der Waals surface area contributed by atoms with Crippen molar-refractivity contribution in [1.29, 1.82) is 0 Å². The Bertz CT molecular complexity index is 651. The summed E-state index contributed by atoms with van der Waals surface area (Å²) in [4.78, 5) is 27.9. The first-order valence-electron chi connectivity index (χ1n) is 8.48. The molecular formula is C18H24ClN3O2. The summed E-state index contributed by atoms with van der Waals surface area (Å²) in [6.45, 7) is 4.61. The van der Waals surface area contributed by atoms with E-state index in [0.29, 0.717) is 0 Å². The molecule has 130 valence electrons. The fraction of sp³-hybridized carbons (Fsp3) is 0.556. The molecule has 6 heteroatoms. The van der Waals surface area contributed by atoms with Gasteiger partial charge in [0.25, 0.3) is 5.91 Å². The van der Waals surface area contributed by atoms with Gasteiger partial charge in [-0.2, -0.15) is 0 Å². The summed E-state index contributed by atoms with van der Waals surface area (Å²) in [5.74, 6) is 0.0179. The number of hydrogen-bond acceptors (Lipinski definition) is 3. The number of hydrogen-bond donors (Lipinski definition) is 1. The molecule has 3 rings (SSSR count). The molecular weight excluding hydrogens is 326 g/mol. The molecule has 5 nitrogen and oxygen atoms in total. The molecule has 2 aliphatic rings. The molecule has 24 heavy (non-hydrogen) atoms. The molecule has 1 aromatic carbocycles. The van der Waals surface area contributed by atoms with Crippen molar-refractivity contribution < 1.29 is 9.59 Å². The van der Waals surface area contributed by atoms with Crippen molar-refractivity contribution in [2.75, 3.05) is 26.7 Å². The predicted octanol–water partition coefficient (Wildman–Crippen LogP) is 2.53. The Morgan fingerprint density at radius 2 is 2.08 bits per heavy atom. The average Bonchev–Trinajstić information content (AvgIpc) is 2.78. The molecule has 1 N–H and O–H groups in total. The fourth-order valence-electron chi connectivity index (χ4n) is 3.79. The molecule has 1 aromatic rings. The van der Waals surface area contributed by atoms with Gasteiger partial charge in [-0.15, -0.1) is 0 Å². The van der Waals surface area contributed by atoms with Crippen LogP contribution in [-0.2, 0) is 11.2 Å². The number of carbonyl (C=O) groups is 2. The number of likely N-dealkylation sites (N-methyl/N-ethyl adjacent to an activating group) is 1. The Morgan fingerprint density at radius 1 is 1.33 bits per heavy atom. The molecule has 0 aliphatic carbocycles. The number of benzene rings is 1. The lowest BCUT2D eigenvalue weighted by molar-refractivity contribution is -0.132. The van der Waals surface area contributed by atoms with Gasteiger partial charge in [-0.3, -0.25) is 9.69 Å². The Kier molecular flexibility index (Phi) is 4.83.